The Labute approximate surface area is 177 Å². The number of likely N-dealkylation sites (tertiary alicyclic amines) is 1. The van der Waals surface area contributed by atoms with E-state index in [1.807, 2.05) is 17.2 Å². The van der Waals surface area contributed by atoms with E-state index in [0.717, 1.165) is 29.5 Å². The fourth-order valence-corrected chi connectivity index (χ4v) is 6.74. The average molecular weight is 437 g/mol. The van der Waals surface area contributed by atoms with Crippen molar-refractivity contribution in [3.8, 4) is 0 Å². The molecule has 156 valence electrons. The lowest BCUT2D eigenvalue weighted by molar-refractivity contribution is -0.163. The number of amidine groups is 1. The molecule has 1 unspecified atom stereocenters. The highest BCUT2D eigenvalue weighted by Crippen LogP contribution is 2.52. The maximum atomic E-state index is 12.4. The molecule has 3 aliphatic rings. The van der Waals surface area contributed by atoms with Gasteiger partial charge >= 0.3 is 5.97 Å². The molecule has 29 heavy (non-hydrogen) atoms. The van der Waals surface area contributed by atoms with Crippen LogP contribution in [0.3, 0.4) is 0 Å². The van der Waals surface area contributed by atoms with E-state index in [4.69, 9.17) is 10.4 Å². The predicted octanol–water partition coefficient (Wildman–Crippen LogP) is 2.18. The van der Waals surface area contributed by atoms with E-state index in [1.165, 1.54) is 28.0 Å². The third-order valence-corrected chi connectivity index (χ3v) is 8.33. The lowest BCUT2D eigenvalue weighted by atomic mass is 9.79. The summed E-state index contributed by atoms with van der Waals surface area (Å²) in [5.74, 6) is -1.33. The van der Waals surface area contributed by atoms with Crippen LogP contribution in [0.5, 0.6) is 0 Å². The number of thiazole rings is 1. The molecule has 1 aromatic heterocycles. The summed E-state index contributed by atoms with van der Waals surface area (Å²) in [5.41, 5.74) is 1.00. The predicted molar refractivity (Wildman–Crippen MR) is 110 cm³/mol. The molecule has 4 heterocycles. The highest BCUT2D eigenvalue weighted by Gasteiger charge is 2.60. The van der Waals surface area contributed by atoms with Crippen molar-refractivity contribution in [2.75, 3.05) is 13.1 Å². The fraction of sp³-hybridized carbons (Fsp3) is 0.579. The molecular weight excluding hydrogens is 412 g/mol. The number of carboxylic acids is 1. The number of aliphatic carboxylic acids is 1. The zero-order chi connectivity index (χ0) is 21.0. The summed E-state index contributed by atoms with van der Waals surface area (Å²) >= 11 is 2.80. The summed E-state index contributed by atoms with van der Waals surface area (Å²) in [5, 5.41) is 29.5. The topological polar surface area (TPSA) is 118 Å². The van der Waals surface area contributed by atoms with E-state index in [9.17, 15) is 19.8 Å². The number of β-lactam (4-membered cyclic amide) rings is 1. The van der Waals surface area contributed by atoms with Gasteiger partial charge in [0.1, 0.15) is 5.70 Å². The molecule has 4 rings (SSSR count). The number of carbonyl (C=O) groups excluding carboxylic acids is 1. The summed E-state index contributed by atoms with van der Waals surface area (Å²) < 4.78 is 0.758. The van der Waals surface area contributed by atoms with E-state index in [-0.39, 0.29) is 29.5 Å². The molecular formula is C19H24N4O4S2. The number of thioether (sulfide) groups is 1. The summed E-state index contributed by atoms with van der Waals surface area (Å²) in [6.07, 6.45) is 0.143. The van der Waals surface area contributed by atoms with E-state index >= 15 is 0 Å². The minimum Gasteiger partial charge on any atom is -0.477 e. The monoisotopic (exact) mass is 436 g/mol. The summed E-state index contributed by atoms with van der Waals surface area (Å²) in [7, 11) is 0. The molecule has 2 fully saturated rings. The Morgan fingerprint density at radius 2 is 2.21 bits per heavy atom. The van der Waals surface area contributed by atoms with Crippen LogP contribution < -0.4 is 0 Å². The second-order valence-corrected chi connectivity index (χ2v) is 10.1. The quantitative estimate of drug-likeness (QED) is 0.368. The molecule has 0 radical (unpaired) electrons. The maximum absolute atomic E-state index is 12.4. The van der Waals surface area contributed by atoms with Crippen LogP contribution in [0.2, 0.25) is 0 Å². The molecule has 0 aromatic carbocycles. The molecule has 10 heteroatoms. The zero-order valence-corrected chi connectivity index (χ0v) is 18.1. The first-order chi connectivity index (χ1) is 13.7. The van der Waals surface area contributed by atoms with Crippen LogP contribution in [0.1, 0.15) is 38.8 Å². The second kappa shape index (κ2) is 7.41. The van der Waals surface area contributed by atoms with Crippen molar-refractivity contribution in [3.63, 3.8) is 0 Å². The van der Waals surface area contributed by atoms with Gasteiger partial charge < -0.3 is 20.0 Å². The van der Waals surface area contributed by atoms with Crippen LogP contribution in [0.25, 0.3) is 0 Å². The molecule has 8 nitrogen and oxygen atoms in total. The molecule has 3 aliphatic heterocycles. The molecule has 0 bridgehead atoms. The van der Waals surface area contributed by atoms with Gasteiger partial charge in [-0.15, -0.1) is 11.3 Å². The number of nitrogens with one attached hydrogen (secondary N) is 1. The number of hydrogen-bond acceptors (Lipinski definition) is 7. The van der Waals surface area contributed by atoms with Gasteiger partial charge in [0.25, 0.3) is 0 Å². The van der Waals surface area contributed by atoms with Crippen LogP contribution in [0.4, 0.5) is 0 Å². The SMILES string of the molecule is CC(=N)N1CCC(c2csc(SC3=C(C(=O)O)N4C(=O)[C@H]([C@@H](C)O)[C@H]4[C@H]3C)n2)C1. The van der Waals surface area contributed by atoms with Crippen molar-refractivity contribution in [2.45, 2.75) is 49.6 Å². The smallest absolute Gasteiger partial charge is 0.353 e. The van der Waals surface area contributed by atoms with Crippen molar-refractivity contribution in [1.82, 2.24) is 14.8 Å². The van der Waals surface area contributed by atoms with Gasteiger partial charge in [0.15, 0.2) is 4.34 Å². The van der Waals surface area contributed by atoms with Gasteiger partial charge in [0.2, 0.25) is 5.91 Å². The van der Waals surface area contributed by atoms with Crippen molar-refractivity contribution >= 4 is 40.8 Å². The van der Waals surface area contributed by atoms with E-state index in [0.29, 0.717) is 10.7 Å². The first-order valence-electron chi connectivity index (χ1n) is 9.62. The maximum Gasteiger partial charge on any atom is 0.353 e. The molecule has 3 N–H and O–H groups in total. The Morgan fingerprint density at radius 3 is 2.79 bits per heavy atom. The van der Waals surface area contributed by atoms with Gasteiger partial charge in [0, 0.05) is 35.2 Å². The Morgan fingerprint density at radius 1 is 1.48 bits per heavy atom. The fourth-order valence-electron chi connectivity index (χ4n) is 4.56. The number of fused-ring (bicyclic) bond motifs is 1. The van der Waals surface area contributed by atoms with Gasteiger partial charge in [-0.25, -0.2) is 9.78 Å². The number of hydrogen-bond donors (Lipinski definition) is 3. The Hall–Kier alpha value is -1.91. The van der Waals surface area contributed by atoms with Gasteiger partial charge in [-0.3, -0.25) is 10.2 Å². The van der Waals surface area contributed by atoms with E-state index < -0.39 is 18.0 Å². The number of amides is 1. The average Bonchev–Trinajstić information content (AvgIpc) is 3.33. The summed E-state index contributed by atoms with van der Waals surface area (Å²) in [4.78, 5) is 33.1. The van der Waals surface area contributed by atoms with Crippen LogP contribution in [0.15, 0.2) is 20.3 Å². The van der Waals surface area contributed by atoms with E-state index in [2.05, 4.69) is 0 Å². The largest absolute Gasteiger partial charge is 0.477 e. The van der Waals surface area contributed by atoms with Gasteiger partial charge in [-0.1, -0.05) is 18.7 Å². The lowest BCUT2D eigenvalue weighted by Crippen LogP contribution is -2.63. The molecule has 2 saturated heterocycles. The molecule has 0 saturated carbocycles. The number of carboxylic acid groups (broad SMARTS) is 1. The molecule has 1 aromatic rings. The lowest BCUT2D eigenvalue weighted by Gasteiger charge is -2.46. The molecule has 0 aliphatic carbocycles. The summed E-state index contributed by atoms with van der Waals surface area (Å²) in [6.45, 7) is 6.91. The Bertz CT molecular complexity index is 912. The molecule has 5 atom stereocenters. The third-order valence-electron chi connectivity index (χ3n) is 6.09. The normalized spacial score (nSPS) is 29.9. The molecule has 0 spiro atoms. The van der Waals surface area contributed by atoms with Gasteiger partial charge in [-0.05, 0) is 20.3 Å². The first-order valence-corrected chi connectivity index (χ1v) is 11.3. The highest BCUT2D eigenvalue weighted by molar-refractivity contribution is 8.04. The first kappa shape index (κ1) is 20.4. The van der Waals surface area contributed by atoms with Crippen molar-refractivity contribution < 1.29 is 19.8 Å². The molecule has 1 amide bonds. The standard InChI is InChI=1S/C19H24N4O4S2/c1-8-14-13(9(2)24)17(25)23(14)15(18(26)27)16(8)29-19-21-12(7-28-19)11-4-5-22(6-11)10(3)20/h7-9,11,13-14,20,24H,4-6H2,1-3H3,(H,26,27)/t8-,9-,11?,13-,14-/m1/s1. The minimum atomic E-state index is -1.12. The number of rotatable bonds is 5. The van der Waals surface area contributed by atoms with Crippen molar-refractivity contribution in [2.24, 2.45) is 11.8 Å². The minimum absolute atomic E-state index is 0.0256. The Kier molecular flexibility index (Phi) is 5.20. The van der Waals surface area contributed by atoms with E-state index in [1.54, 1.807) is 13.8 Å². The highest BCUT2D eigenvalue weighted by atomic mass is 32.2. The van der Waals surface area contributed by atoms with Crippen LogP contribution in [-0.4, -0.2) is 67.9 Å². The van der Waals surface area contributed by atoms with Crippen molar-refractivity contribution in [3.05, 3.63) is 21.7 Å². The van der Waals surface area contributed by atoms with Crippen LogP contribution >= 0.6 is 23.1 Å². The Balaban J connectivity index is 1.55. The van der Waals surface area contributed by atoms with Crippen molar-refractivity contribution in [1.29, 1.82) is 5.41 Å². The summed E-state index contributed by atoms with van der Waals surface area (Å²) in [6, 6.07) is -0.311. The number of aromatic nitrogens is 1. The zero-order valence-electron chi connectivity index (χ0n) is 16.5. The van der Waals surface area contributed by atoms with Gasteiger partial charge in [0.05, 0.1) is 29.6 Å². The van der Waals surface area contributed by atoms with Gasteiger partial charge in [-0.2, -0.15) is 0 Å². The number of aliphatic hydroxyl groups is 1. The van der Waals surface area contributed by atoms with Crippen LogP contribution in [0, 0.1) is 17.2 Å². The number of aliphatic hydroxyl groups excluding tert-OH is 1. The van der Waals surface area contributed by atoms with Crippen LogP contribution in [-0.2, 0) is 9.59 Å². The number of nitrogens with zero attached hydrogens (tertiary/aromatic N) is 3. The number of carbonyl (C=O) groups is 2. The third kappa shape index (κ3) is 3.27. The second-order valence-electron chi connectivity index (χ2n) is 7.93.